The van der Waals surface area contributed by atoms with Crippen molar-refractivity contribution >= 4 is 10.0 Å². The summed E-state index contributed by atoms with van der Waals surface area (Å²) in [5.41, 5.74) is 6.64. The fraction of sp³-hybridized carbons (Fsp3) is 0.700. The highest BCUT2D eigenvalue weighted by atomic mass is 32.2. The van der Waals surface area contributed by atoms with E-state index >= 15 is 0 Å². The molecule has 3 unspecified atom stereocenters. The van der Waals surface area contributed by atoms with E-state index in [-0.39, 0.29) is 17.0 Å². The summed E-state index contributed by atoms with van der Waals surface area (Å²) in [7, 11) is -3.13. The van der Waals surface area contributed by atoms with E-state index in [4.69, 9.17) is 10.5 Å². The Bertz CT molecular complexity index is 859. The normalized spacial score (nSPS) is 31.4. The third-order valence-corrected chi connectivity index (χ3v) is 8.21. The number of benzene rings is 1. The van der Waals surface area contributed by atoms with E-state index in [1.165, 1.54) is 12.3 Å². The van der Waals surface area contributed by atoms with Crippen molar-refractivity contribution in [1.82, 2.24) is 9.21 Å². The van der Waals surface area contributed by atoms with Gasteiger partial charge in [-0.15, -0.1) is 0 Å². The first-order chi connectivity index (χ1) is 13.7. The van der Waals surface area contributed by atoms with Crippen LogP contribution in [0, 0.1) is 17.0 Å². The number of sulfonamides is 1. The van der Waals surface area contributed by atoms with Gasteiger partial charge in [0.2, 0.25) is 10.0 Å². The van der Waals surface area contributed by atoms with Crippen LogP contribution in [0.25, 0.3) is 0 Å². The third kappa shape index (κ3) is 4.34. The highest BCUT2D eigenvalue weighted by molar-refractivity contribution is 7.88. The average molecular weight is 430 g/mol. The second-order valence-corrected chi connectivity index (χ2v) is 10.8. The molecule has 0 amide bonds. The summed E-state index contributed by atoms with van der Waals surface area (Å²) in [6, 6.07) is 3.11. The zero-order chi connectivity index (χ0) is 20.8. The van der Waals surface area contributed by atoms with Crippen LogP contribution in [0.1, 0.15) is 37.4 Å². The van der Waals surface area contributed by atoms with Gasteiger partial charge in [0.25, 0.3) is 0 Å². The van der Waals surface area contributed by atoms with Crippen LogP contribution < -0.4 is 5.73 Å². The molecule has 3 heterocycles. The smallest absolute Gasteiger partial charge is 0.211 e. The van der Waals surface area contributed by atoms with Crippen molar-refractivity contribution < 1.29 is 21.9 Å². The Hall–Kier alpha value is -1.13. The Morgan fingerprint density at radius 2 is 1.86 bits per heavy atom. The van der Waals surface area contributed by atoms with E-state index in [0.717, 1.165) is 44.5 Å². The summed E-state index contributed by atoms with van der Waals surface area (Å²) in [6.07, 6.45) is 4.06. The van der Waals surface area contributed by atoms with Gasteiger partial charge in [0.1, 0.15) is 17.7 Å². The van der Waals surface area contributed by atoms with Crippen LogP contribution in [0.2, 0.25) is 0 Å². The minimum Gasteiger partial charge on any atom is -0.370 e. The van der Waals surface area contributed by atoms with Crippen molar-refractivity contribution in [3.63, 3.8) is 0 Å². The third-order valence-electron chi connectivity index (χ3n) is 6.90. The molecule has 1 aromatic rings. The summed E-state index contributed by atoms with van der Waals surface area (Å²) in [5, 5.41) is 0. The zero-order valence-corrected chi connectivity index (χ0v) is 17.5. The number of halogens is 2. The second kappa shape index (κ2) is 7.85. The Morgan fingerprint density at radius 3 is 2.52 bits per heavy atom. The van der Waals surface area contributed by atoms with Crippen molar-refractivity contribution in [3.05, 3.63) is 35.4 Å². The van der Waals surface area contributed by atoms with Crippen LogP contribution in [-0.2, 0) is 14.8 Å². The molecule has 0 saturated carbocycles. The monoisotopic (exact) mass is 429 g/mol. The highest BCUT2D eigenvalue weighted by Crippen LogP contribution is 2.43. The number of piperidine rings is 1. The lowest BCUT2D eigenvalue weighted by Crippen LogP contribution is -2.50. The maximum atomic E-state index is 14.1. The summed E-state index contributed by atoms with van der Waals surface area (Å²) in [4.78, 5) is 2.38. The Kier molecular flexibility index (Phi) is 5.71. The van der Waals surface area contributed by atoms with Crippen molar-refractivity contribution in [1.29, 1.82) is 0 Å². The van der Waals surface area contributed by atoms with Gasteiger partial charge in [0.05, 0.1) is 12.9 Å². The van der Waals surface area contributed by atoms with Gasteiger partial charge in [0.15, 0.2) is 0 Å². The number of nitrogens with two attached hydrogens (primary N) is 1. The van der Waals surface area contributed by atoms with Crippen LogP contribution in [0.3, 0.4) is 0 Å². The molecule has 29 heavy (non-hydrogen) atoms. The van der Waals surface area contributed by atoms with E-state index < -0.39 is 33.8 Å². The van der Waals surface area contributed by atoms with E-state index in [2.05, 4.69) is 4.90 Å². The average Bonchev–Trinajstić information content (AvgIpc) is 3.07. The lowest BCUT2D eigenvalue weighted by molar-refractivity contribution is -0.0497. The SMILES string of the molecule is CS(=O)(=O)N1CCC2(CCN(C3COC(c4cc(F)ccc4F)C(N)C3)C2)CC1. The van der Waals surface area contributed by atoms with E-state index in [0.29, 0.717) is 26.1 Å². The number of nitrogens with zero attached hydrogens (tertiary/aromatic N) is 2. The maximum absolute atomic E-state index is 14.1. The lowest BCUT2D eigenvalue weighted by atomic mass is 9.78. The second-order valence-electron chi connectivity index (χ2n) is 8.86. The largest absolute Gasteiger partial charge is 0.370 e. The van der Waals surface area contributed by atoms with Gasteiger partial charge in [-0.3, -0.25) is 4.90 Å². The first kappa shape index (κ1) is 21.1. The number of rotatable bonds is 3. The standard InChI is InChI=1S/C20H29F2N3O3S/c1-29(26,27)25-8-5-20(6-9-25)4-7-24(13-20)15-11-18(23)19(28-12-15)16-10-14(21)2-3-17(16)22/h2-3,10,15,18-19H,4-9,11-13,23H2,1H3. The topological polar surface area (TPSA) is 75.9 Å². The molecule has 3 atom stereocenters. The number of likely N-dealkylation sites (tertiary alicyclic amines) is 1. The molecule has 3 aliphatic rings. The van der Waals surface area contributed by atoms with E-state index in [1.54, 1.807) is 4.31 Å². The maximum Gasteiger partial charge on any atom is 0.211 e. The molecule has 6 nitrogen and oxygen atoms in total. The fourth-order valence-electron chi connectivity index (χ4n) is 5.13. The molecule has 3 saturated heterocycles. The molecule has 0 radical (unpaired) electrons. The molecule has 2 N–H and O–H groups in total. The highest BCUT2D eigenvalue weighted by Gasteiger charge is 2.45. The molecular weight excluding hydrogens is 400 g/mol. The fourth-order valence-corrected chi connectivity index (χ4v) is 5.98. The van der Waals surface area contributed by atoms with Gasteiger partial charge >= 0.3 is 0 Å². The summed E-state index contributed by atoms with van der Waals surface area (Å²) in [6.45, 7) is 3.42. The minimum atomic E-state index is -3.13. The molecule has 3 fully saturated rings. The summed E-state index contributed by atoms with van der Waals surface area (Å²) >= 11 is 0. The van der Waals surface area contributed by atoms with Gasteiger partial charge in [-0.25, -0.2) is 21.5 Å². The quantitative estimate of drug-likeness (QED) is 0.794. The Morgan fingerprint density at radius 1 is 1.17 bits per heavy atom. The predicted molar refractivity (Wildman–Crippen MR) is 106 cm³/mol. The molecule has 162 valence electrons. The van der Waals surface area contributed by atoms with Gasteiger partial charge < -0.3 is 10.5 Å². The van der Waals surface area contributed by atoms with Gasteiger partial charge in [-0.05, 0) is 55.8 Å². The lowest BCUT2D eigenvalue weighted by Gasteiger charge is -2.41. The Labute approximate surface area is 171 Å². The van der Waals surface area contributed by atoms with Gasteiger partial charge in [-0.1, -0.05) is 0 Å². The summed E-state index contributed by atoms with van der Waals surface area (Å²) < 4.78 is 58.7. The van der Waals surface area contributed by atoms with Crippen LogP contribution in [0.15, 0.2) is 18.2 Å². The van der Waals surface area contributed by atoms with Crippen molar-refractivity contribution in [2.45, 2.75) is 43.9 Å². The molecule has 3 aliphatic heterocycles. The number of ether oxygens (including phenoxy) is 1. The zero-order valence-electron chi connectivity index (χ0n) is 16.7. The number of hydrogen-bond acceptors (Lipinski definition) is 5. The minimum absolute atomic E-state index is 0.144. The first-order valence-corrected chi connectivity index (χ1v) is 12.0. The van der Waals surface area contributed by atoms with Crippen molar-refractivity contribution in [2.24, 2.45) is 11.1 Å². The van der Waals surface area contributed by atoms with E-state index in [9.17, 15) is 17.2 Å². The van der Waals surface area contributed by atoms with Crippen LogP contribution >= 0.6 is 0 Å². The van der Waals surface area contributed by atoms with E-state index in [1.807, 2.05) is 0 Å². The summed E-state index contributed by atoms with van der Waals surface area (Å²) in [5.74, 6) is -0.996. The van der Waals surface area contributed by atoms with Crippen molar-refractivity contribution in [2.75, 3.05) is 39.0 Å². The van der Waals surface area contributed by atoms with Crippen LogP contribution in [0.5, 0.6) is 0 Å². The molecule has 1 spiro atoms. The van der Waals surface area contributed by atoms with Crippen LogP contribution in [-0.4, -0.2) is 68.7 Å². The molecule has 1 aromatic carbocycles. The van der Waals surface area contributed by atoms with Gasteiger partial charge in [-0.2, -0.15) is 0 Å². The molecule has 0 bridgehead atoms. The molecular formula is C20H29F2N3O3S. The molecule has 0 aromatic heterocycles. The first-order valence-electron chi connectivity index (χ1n) is 10.2. The Balaban J connectivity index is 1.37. The van der Waals surface area contributed by atoms with Crippen molar-refractivity contribution in [3.8, 4) is 0 Å². The number of hydrogen-bond donors (Lipinski definition) is 1. The molecule has 9 heteroatoms. The molecule has 4 rings (SSSR count). The predicted octanol–water partition coefficient (Wildman–Crippen LogP) is 1.87. The van der Waals surface area contributed by atoms with Gasteiger partial charge in [0, 0.05) is 37.3 Å². The molecule has 0 aliphatic carbocycles. The van der Waals surface area contributed by atoms with Crippen LogP contribution in [0.4, 0.5) is 8.78 Å².